The molecule has 1 aromatic heterocycles. The Bertz CT molecular complexity index is 385. The van der Waals surface area contributed by atoms with E-state index >= 15 is 0 Å². The molecule has 1 aromatic rings. The second-order valence-corrected chi connectivity index (χ2v) is 5.58. The van der Waals surface area contributed by atoms with E-state index < -0.39 is 0 Å². The minimum atomic E-state index is -0.104. The lowest BCUT2D eigenvalue weighted by molar-refractivity contribution is -0.117. The maximum absolute atomic E-state index is 11.9. The Kier molecular flexibility index (Phi) is 4.06. The van der Waals surface area contributed by atoms with Crippen LogP contribution >= 0.6 is 11.8 Å². The predicted molar refractivity (Wildman–Crippen MR) is 70.4 cm³/mol. The number of nitrogens with one attached hydrogen (secondary N) is 3. The Labute approximate surface area is 105 Å². The Morgan fingerprint density at radius 3 is 3.06 bits per heavy atom. The van der Waals surface area contributed by atoms with Crippen LogP contribution in [0.5, 0.6) is 0 Å². The number of hydrogen-bond donors (Lipinski definition) is 3. The Hall–Kier alpha value is -1.01. The average molecular weight is 254 g/mol. The van der Waals surface area contributed by atoms with Gasteiger partial charge in [0.05, 0.1) is 6.04 Å². The Morgan fingerprint density at radius 1 is 1.65 bits per heavy atom. The van der Waals surface area contributed by atoms with Crippen LogP contribution in [0.1, 0.15) is 25.5 Å². The number of rotatable bonds is 3. The largest absolute Gasteiger partial charge is 0.308 e. The van der Waals surface area contributed by atoms with Crippen molar-refractivity contribution in [1.82, 2.24) is 15.5 Å². The molecule has 6 heteroatoms. The third kappa shape index (κ3) is 3.23. The van der Waals surface area contributed by atoms with E-state index in [4.69, 9.17) is 0 Å². The summed E-state index contributed by atoms with van der Waals surface area (Å²) in [5.74, 6) is 2.89. The van der Waals surface area contributed by atoms with Crippen LogP contribution in [-0.2, 0) is 4.79 Å². The predicted octanol–water partition coefficient (Wildman–Crippen LogP) is 1.18. The van der Waals surface area contributed by atoms with E-state index in [9.17, 15) is 4.79 Å². The van der Waals surface area contributed by atoms with Gasteiger partial charge in [-0.05, 0) is 5.92 Å². The molecular weight excluding hydrogens is 236 g/mol. The standard InChI is InChI=1S/C11H18N4OS/c1-7(2)8-5-10(15-14-8)13-11(16)9-6-17-4-3-12-9/h5,7,9,12H,3-4,6H2,1-2H3,(H2,13,14,15,16). The van der Waals surface area contributed by atoms with E-state index in [1.54, 1.807) is 11.8 Å². The van der Waals surface area contributed by atoms with Crippen molar-refractivity contribution < 1.29 is 4.79 Å². The van der Waals surface area contributed by atoms with Crippen LogP contribution in [0.4, 0.5) is 5.82 Å². The first-order valence-corrected chi connectivity index (χ1v) is 6.99. The van der Waals surface area contributed by atoms with Crippen LogP contribution in [0.3, 0.4) is 0 Å². The van der Waals surface area contributed by atoms with Gasteiger partial charge in [0.25, 0.3) is 0 Å². The molecule has 1 atom stereocenters. The fraction of sp³-hybridized carbons (Fsp3) is 0.636. The number of carbonyl (C=O) groups excluding carboxylic acids is 1. The van der Waals surface area contributed by atoms with Crippen LogP contribution in [0.15, 0.2) is 6.07 Å². The molecule has 1 fully saturated rings. The van der Waals surface area contributed by atoms with Gasteiger partial charge < -0.3 is 10.6 Å². The van der Waals surface area contributed by atoms with Gasteiger partial charge in [0, 0.05) is 29.8 Å². The summed E-state index contributed by atoms with van der Waals surface area (Å²) in [6.45, 7) is 5.05. The van der Waals surface area contributed by atoms with Gasteiger partial charge in [0.1, 0.15) is 0 Å². The highest BCUT2D eigenvalue weighted by molar-refractivity contribution is 7.99. The smallest absolute Gasteiger partial charge is 0.243 e. The molecule has 1 unspecified atom stereocenters. The summed E-state index contributed by atoms with van der Waals surface area (Å²) in [7, 11) is 0. The van der Waals surface area contributed by atoms with Gasteiger partial charge in [-0.15, -0.1) is 0 Å². The molecule has 2 heterocycles. The minimum Gasteiger partial charge on any atom is -0.308 e. The molecular formula is C11H18N4OS. The fourth-order valence-electron chi connectivity index (χ4n) is 1.64. The Morgan fingerprint density at radius 2 is 2.47 bits per heavy atom. The molecule has 1 saturated heterocycles. The maximum atomic E-state index is 11.9. The third-order valence-corrected chi connectivity index (χ3v) is 3.77. The first-order valence-electron chi connectivity index (χ1n) is 5.84. The highest BCUT2D eigenvalue weighted by atomic mass is 32.2. The molecule has 0 radical (unpaired) electrons. The third-order valence-electron chi connectivity index (χ3n) is 2.71. The molecule has 94 valence electrons. The fourth-order valence-corrected chi connectivity index (χ4v) is 2.58. The average Bonchev–Trinajstić information content (AvgIpc) is 2.79. The van der Waals surface area contributed by atoms with Crippen molar-refractivity contribution in [2.45, 2.75) is 25.8 Å². The van der Waals surface area contributed by atoms with Crippen molar-refractivity contribution in [2.24, 2.45) is 0 Å². The van der Waals surface area contributed by atoms with Gasteiger partial charge in [0.15, 0.2) is 5.82 Å². The number of aromatic nitrogens is 2. The first-order chi connectivity index (χ1) is 8.16. The Balaban J connectivity index is 1.92. The number of carbonyl (C=O) groups is 1. The normalized spacial score (nSPS) is 20.5. The summed E-state index contributed by atoms with van der Waals surface area (Å²) in [6.07, 6.45) is 0. The molecule has 0 aliphatic carbocycles. The monoisotopic (exact) mass is 254 g/mol. The molecule has 1 aliphatic heterocycles. The minimum absolute atomic E-state index is 0.000920. The van der Waals surface area contributed by atoms with Gasteiger partial charge in [-0.2, -0.15) is 16.9 Å². The zero-order chi connectivity index (χ0) is 12.3. The number of hydrogen-bond acceptors (Lipinski definition) is 4. The number of anilines is 1. The van der Waals surface area contributed by atoms with Crippen molar-refractivity contribution >= 4 is 23.5 Å². The van der Waals surface area contributed by atoms with Crippen LogP contribution in [-0.4, -0.2) is 40.2 Å². The summed E-state index contributed by atoms with van der Waals surface area (Å²) >= 11 is 1.80. The van der Waals surface area contributed by atoms with E-state index in [0.717, 1.165) is 23.7 Å². The van der Waals surface area contributed by atoms with Crippen LogP contribution < -0.4 is 10.6 Å². The molecule has 0 saturated carbocycles. The summed E-state index contributed by atoms with van der Waals surface area (Å²) < 4.78 is 0. The van der Waals surface area contributed by atoms with Crippen molar-refractivity contribution in [1.29, 1.82) is 0 Å². The summed E-state index contributed by atoms with van der Waals surface area (Å²) in [5.41, 5.74) is 1.03. The lowest BCUT2D eigenvalue weighted by Crippen LogP contribution is -2.46. The van der Waals surface area contributed by atoms with E-state index in [2.05, 4.69) is 34.7 Å². The molecule has 3 N–H and O–H groups in total. The zero-order valence-corrected chi connectivity index (χ0v) is 10.9. The first kappa shape index (κ1) is 12.4. The van der Waals surface area contributed by atoms with E-state index in [1.807, 2.05) is 6.07 Å². The van der Waals surface area contributed by atoms with Crippen molar-refractivity contribution in [3.8, 4) is 0 Å². The lowest BCUT2D eigenvalue weighted by atomic mass is 10.1. The summed E-state index contributed by atoms with van der Waals surface area (Å²) in [6, 6.07) is 1.78. The number of H-pyrrole nitrogens is 1. The molecule has 0 bridgehead atoms. The number of amides is 1. The molecule has 1 amide bonds. The number of nitrogens with zero attached hydrogens (tertiary/aromatic N) is 1. The van der Waals surface area contributed by atoms with Crippen molar-refractivity contribution in [3.05, 3.63) is 11.8 Å². The van der Waals surface area contributed by atoms with E-state index in [-0.39, 0.29) is 11.9 Å². The van der Waals surface area contributed by atoms with Gasteiger partial charge in [-0.3, -0.25) is 9.89 Å². The quantitative estimate of drug-likeness (QED) is 0.757. The van der Waals surface area contributed by atoms with Gasteiger partial charge in [-0.1, -0.05) is 13.8 Å². The SMILES string of the molecule is CC(C)c1cc(NC(=O)C2CSCCN2)n[nH]1. The van der Waals surface area contributed by atoms with Crippen LogP contribution in [0, 0.1) is 0 Å². The molecule has 5 nitrogen and oxygen atoms in total. The molecule has 1 aliphatic rings. The number of aromatic amines is 1. The van der Waals surface area contributed by atoms with Gasteiger partial charge >= 0.3 is 0 Å². The number of thioether (sulfide) groups is 1. The second-order valence-electron chi connectivity index (χ2n) is 4.43. The highest BCUT2D eigenvalue weighted by Crippen LogP contribution is 2.15. The topological polar surface area (TPSA) is 69.8 Å². The maximum Gasteiger partial charge on any atom is 0.243 e. The van der Waals surface area contributed by atoms with Crippen molar-refractivity contribution in [2.75, 3.05) is 23.4 Å². The highest BCUT2D eigenvalue weighted by Gasteiger charge is 2.21. The lowest BCUT2D eigenvalue weighted by Gasteiger charge is -2.21. The second kappa shape index (κ2) is 5.55. The van der Waals surface area contributed by atoms with E-state index in [1.165, 1.54) is 0 Å². The summed E-state index contributed by atoms with van der Waals surface area (Å²) in [5, 5.41) is 13.0. The van der Waals surface area contributed by atoms with Crippen LogP contribution in [0.25, 0.3) is 0 Å². The molecule has 17 heavy (non-hydrogen) atoms. The van der Waals surface area contributed by atoms with Gasteiger partial charge in [-0.25, -0.2) is 0 Å². The zero-order valence-electron chi connectivity index (χ0n) is 10.1. The molecule has 2 rings (SSSR count). The summed E-state index contributed by atoms with van der Waals surface area (Å²) in [4.78, 5) is 11.9. The molecule has 0 aromatic carbocycles. The van der Waals surface area contributed by atoms with Crippen LogP contribution in [0.2, 0.25) is 0 Å². The molecule has 0 spiro atoms. The van der Waals surface area contributed by atoms with Crippen molar-refractivity contribution in [3.63, 3.8) is 0 Å². The van der Waals surface area contributed by atoms with Gasteiger partial charge in [0.2, 0.25) is 5.91 Å². The van der Waals surface area contributed by atoms with E-state index in [0.29, 0.717) is 11.7 Å².